The summed E-state index contributed by atoms with van der Waals surface area (Å²) in [7, 11) is 0. The molecule has 2 saturated heterocycles. The van der Waals surface area contributed by atoms with Crippen LogP contribution in [0, 0.1) is 0 Å². The molecule has 0 aliphatic carbocycles. The molecule has 17 heavy (non-hydrogen) atoms. The zero-order valence-corrected chi connectivity index (χ0v) is 10.4. The van der Waals surface area contributed by atoms with Gasteiger partial charge in [-0.25, -0.2) is 0 Å². The van der Waals surface area contributed by atoms with E-state index in [1.807, 2.05) is 4.90 Å². The van der Waals surface area contributed by atoms with Crippen LogP contribution in [0.1, 0.15) is 29.8 Å². The van der Waals surface area contributed by atoms with Crippen LogP contribution in [0.5, 0.6) is 0 Å². The van der Waals surface area contributed by atoms with Crippen molar-refractivity contribution in [3.8, 4) is 0 Å². The van der Waals surface area contributed by atoms with Gasteiger partial charge in [0.05, 0.1) is 0 Å². The van der Waals surface area contributed by atoms with Crippen molar-refractivity contribution >= 4 is 18.3 Å². The molecule has 3 rings (SSSR count). The molecule has 0 radical (unpaired) electrons. The van der Waals surface area contributed by atoms with Crippen LogP contribution in [0.2, 0.25) is 0 Å². The van der Waals surface area contributed by atoms with Crippen molar-refractivity contribution in [3.05, 3.63) is 18.0 Å². The fourth-order valence-electron chi connectivity index (χ4n) is 2.83. The maximum atomic E-state index is 12.3. The molecule has 1 amide bonds. The van der Waals surface area contributed by atoms with Gasteiger partial charge in [-0.2, -0.15) is 5.10 Å². The van der Waals surface area contributed by atoms with Crippen LogP contribution in [-0.4, -0.2) is 46.2 Å². The molecular weight excluding hydrogens is 240 g/mol. The fourth-order valence-corrected chi connectivity index (χ4v) is 2.83. The summed E-state index contributed by atoms with van der Waals surface area (Å²) < 4.78 is 0. The quantitative estimate of drug-likeness (QED) is 0.781. The van der Waals surface area contributed by atoms with Crippen LogP contribution in [0.15, 0.2) is 12.3 Å². The summed E-state index contributed by atoms with van der Waals surface area (Å²) in [6.07, 6.45) is 4.96. The molecule has 0 spiro atoms. The summed E-state index contributed by atoms with van der Waals surface area (Å²) in [6.45, 7) is 1.95. The maximum Gasteiger partial charge on any atom is 0.272 e. The molecule has 2 aliphatic rings. The Morgan fingerprint density at radius 1 is 1.35 bits per heavy atom. The standard InChI is InChI=1S/C11H16N4O.ClH/c16-11(10-4-6-13-14-10)15-8-1-2-9(15)7-12-5-3-8;/h4,6,8-9,12H,1-3,5,7H2,(H,13,14);1H. The minimum atomic E-state index is 0. The van der Waals surface area contributed by atoms with Crippen LogP contribution in [-0.2, 0) is 0 Å². The number of aromatic nitrogens is 2. The highest BCUT2D eigenvalue weighted by atomic mass is 35.5. The second kappa shape index (κ2) is 5.06. The molecule has 2 unspecified atom stereocenters. The average Bonchev–Trinajstić information content (AvgIpc) is 2.84. The SMILES string of the molecule is Cl.O=C(c1ccn[nH]1)N1C2CCNCC1CC2. The highest BCUT2D eigenvalue weighted by Gasteiger charge is 2.38. The van der Waals surface area contributed by atoms with Crippen molar-refractivity contribution in [3.63, 3.8) is 0 Å². The topological polar surface area (TPSA) is 61.0 Å². The van der Waals surface area contributed by atoms with Gasteiger partial charge in [-0.3, -0.25) is 9.89 Å². The molecule has 1 aromatic heterocycles. The molecule has 6 heteroatoms. The normalized spacial score (nSPS) is 27.4. The van der Waals surface area contributed by atoms with Gasteiger partial charge in [0.2, 0.25) is 0 Å². The van der Waals surface area contributed by atoms with Gasteiger partial charge in [0.1, 0.15) is 5.69 Å². The van der Waals surface area contributed by atoms with E-state index >= 15 is 0 Å². The van der Waals surface area contributed by atoms with Gasteiger partial charge in [0, 0.05) is 24.8 Å². The van der Waals surface area contributed by atoms with E-state index in [-0.39, 0.29) is 18.3 Å². The lowest BCUT2D eigenvalue weighted by molar-refractivity contribution is 0.0674. The third-order valence-corrected chi connectivity index (χ3v) is 3.62. The van der Waals surface area contributed by atoms with Crippen molar-refractivity contribution < 1.29 is 4.79 Å². The number of nitrogens with zero attached hydrogens (tertiary/aromatic N) is 2. The van der Waals surface area contributed by atoms with Crippen LogP contribution in [0.4, 0.5) is 0 Å². The van der Waals surface area contributed by atoms with E-state index in [1.54, 1.807) is 12.3 Å². The van der Waals surface area contributed by atoms with E-state index in [4.69, 9.17) is 0 Å². The van der Waals surface area contributed by atoms with Crippen molar-refractivity contribution in [2.45, 2.75) is 31.3 Å². The number of aromatic amines is 1. The molecule has 94 valence electrons. The lowest BCUT2D eigenvalue weighted by Crippen LogP contribution is -2.42. The number of hydrogen-bond acceptors (Lipinski definition) is 3. The Morgan fingerprint density at radius 2 is 2.18 bits per heavy atom. The second-order valence-electron chi connectivity index (χ2n) is 4.56. The van der Waals surface area contributed by atoms with Gasteiger partial charge in [-0.15, -0.1) is 12.4 Å². The number of rotatable bonds is 1. The Hall–Kier alpha value is -1.07. The molecule has 2 atom stereocenters. The Balaban J connectivity index is 0.00000108. The van der Waals surface area contributed by atoms with Crippen molar-refractivity contribution in [1.82, 2.24) is 20.4 Å². The minimum absolute atomic E-state index is 0. The zero-order chi connectivity index (χ0) is 11.0. The van der Waals surface area contributed by atoms with Gasteiger partial charge >= 0.3 is 0 Å². The molecule has 5 nitrogen and oxygen atoms in total. The molecule has 2 aliphatic heterocycles. The van der Waals surface area contributed by atoms with Gasteiger partial charge in [-0.1, -0.05) is 0 Å². The number of hydrogen-bond donors (Lipinski definition) is 2. The smallest absolute Gasteiger partial charge is 0.272 e. The number of carbonyl (C=O) groups excluding carboxylic acids is 1. The Labute approximate surface area is 106 Å². The molecule has 2 bridgehead atoms. The highest BCUT2D eigenvalue weighted by Crippen LogP contribution is 2.29. The average molecular weight is 257 g/mol. The zero-order valence-electron chi connectivity index (χ0n) is 9.56. The summed E-state index contributed by atoms with van der Waals surface area (Å²) in [6, 6.07) is 2.53. The number of halogens is 1. The van der Waals surface area contributed by atoms with Crippen molar-refractivity contribution in [2.24, 2.45) is 0 Å². The summed E-state index contributed by atoms with van der Waals surface area (Å²) >= 11 is 0. The van der Waals surface area contributed by atoms with Crippen molar-refractivity contribution in [2.75, 3.05) is 13.1 Å². The molecule has 2 fully saturated rings. The lowest BCUT2D eigenvalue weighted by atomic mass is 10.1. The lowest BCUT2D eigenvalue weighted by Gasteiger charge is -2.27. The van der Waals surface area contributed by atoms with Gasteiger partial charge in [0.15, 0.2) is 0 Å². The summed E-state index contributed by atoms with van der Waals surface area (Å²) in [4.78, 5) is 14.4. The van der Waals surface area contributed by atoms with E-state index in [9.17, 15) is 4.79 Å². The number of carbonyl (C=O) groups is 1. The van der Waals surface area contributed by atoms with Crippen LogP contribution in [0.25, 0.3) is 0 Å². The first kappa shape index (κ1) is 12.4. The van der Waals surface area contributed by atoms with Crippen LogP contribution < -0.4 is 5.32 Å². The first-order valence-electron chi connectivity index (χ1n) is 5.89. The van der Waals surface area contributed by atoms with E-state index in [0.29, 0.717) is 17.8 Å². The number of H-pyrrole nitrogens is 1. The summed E-state index contributed by atoms with van der Waals surface area (Å²) in [5.41, 5.74) is 0.610. The Morgan fingerprint density at radius 3 is 2.94 bits per heavy atom. The first-order chi connectivity index (χ1) is 7.86. The Bertz CT molecular complexity index is 367. The van der Waals surface area contributed by atoms with E-state index in [1.165, 1.54) is 0 Å². The first-order valence-corrected chi connectivity index (χ1v) is 5.89. The Kier molecular flexibility index (Phi) is 3.69. The summed E-state index contributed by atoms with van der Waals surface area (Å²) in [5, 5.41) is 9.99. The monoisotopic (exact) mass is 256 g/mol. The molecule has 2 N–H and O–H groups in total. The second-order valence-corrected chi connectivity index (χ2v) is 4.56. The minimum Gasteiger partial charge on any atom is -0.330 e. The number of fused-ring (bicyclic) bond motifs is 2. The molecule has 0 aromatic carbocycles. The molecule has 1 aromatic rings. The highest BCUT2D eigenvalue weighted by molar-refractivity contribution is 5.92. The number of nitrogens with one attached hydrogen (secondary N) is 2. The van der Waals surface area contributed by atoms with E-state index in [2.05, 4.69) is 15.5 Å². The van der Waals surface area contributed by atoms with E-state index in [0.717, 1.165) is 32.4 Å². The third kappa shape index (κ3) is 2.17. The van der Waals surface area contributed by atoms with Gasteiger partial charge in [-0.05, 0) is 31.9 Å². The van der Waals surface area contributed by atoms with Gasteiger partial charge in [0.25, 0.3) is 5.91 Å². The fraction of sp³-hybridized carbons (Fsp3) is 0.636. The molecular formula is C11H17ClN4O. The molecule has 0 saturated carbocycles. The van der Waals surface area contributed by atoms with Crippen molar-refractivity contribution in [1.29, 1.82) is 0 Å². The largest absolute Gasteiger partial charge is 0.330 e. The van der Waals surface area contributed by atoms with Gasteiger partial charge < -0.3 is 10.2 Å². The maximum absolute atomic E-state index is 12.3. The molecule has 3 heterocycles. The van der Waals surface area contributed by atoms with Crippen LogP contribution in [0.3, 0.4) is 0 Å². The van der Waals surface area contributed by atoms with E-state index < -0.39 is 0 Å². The van der Waals surface area contributed by atoms with Crippen LogP contribution >= 0.6 is 12.4 Å². The predicted molar refractivity (Wildman–Crippen MR) is 66.3 cm³/mol. The summed E-state index contributed by atoms with van der Waals surface area (Å²) in [5.74, 6) is 0.105. The third-order valence-electron chi connectivity index (χ3n) is 3.62. The number of amides is 1. The predicted octanol–water partition coefficient (Wildman–Crippen LogP) is 0.798.